The predicted octanol–water partition coefficient (Wildman–Crippen LogP) is 6.67. The summed E-state index contributed by atoms with van der Waals surface area (Å²) in [5.41, 5.74) is 5.28. The Kier molecular flexibility index (Phi) is 11.9. The van der Waals surface area contributed by atoms with Crippen molar-refractivity contribution in [2.45, 2.75) is 91.9 Å². The molecule has 2 rings (SSSR count). The SMILES string of the molecule is Cc1cc(CCC(=O)OCCOCCOC(=O)CCc2cc(C)c(N=O)c(C(C)(C)C)c2)cc(C(C)(C)C)c1O. The summed E-state index contributed by atoms with van der Waals surface area (Å²) in [6, 6.07) is 7.67. The molecule has 0 saturated heterocycles. The van der Waals surface area contributed by atoms with Crippen LogP contribution >= 0.6 is 0 Å². The first-order valence-corrected chi connectivity index (χ1v) is 13.8. The summed E-state index contributed by atoms with van der Waals surface area (Å²) in [5, 5.41) is 13.6. The molecule has 8 nitrogen and oxygen atoms in total. The number of hydrogen-bond acceptors (Lipinski definition) is 8. The smallest absolute Gasteiger partial charge is 0.306 e. The zero-order valence-electron chi connectivity index (χ0n) is 25.3. The summed E-state index contributed by atoms with van der Waals surface area (Å²) in [6.07, 6.45) is 1.47. The van der Waals surface area contributed by atoms with E-state index in [4.69, 9.17) is 14.2 Å². The van der Waals surface area contributed by atoms with E-state index in [1.165, 1.54) is 0 Å². The number of carbonyl (C=O) groups is 2. The van der Waals surface area contributed by atoms with Crippen molar-refractivity contribution in [3.05, 3.63) is 62.6 Å². The predicted molar refractivity (Wildman–Crippen MR) is 156 cm³/mol. The van der Waals surface area contributed by atoms with Crippen LogP contribution in [0.3, 0.4) is 0 Å². The summed E-state index contributed by atoms with van der Waals surface area (Å²) in [5.74, 6) is -0.351. The molecule has 0 aliphatic rings. The van der Waals surface area contributed by atoms with Gasteiger partial charge in [-0.15, -0.1) is 4.91 Å². The number of nitroso groups, excluding NO2 is 1. The van der Waals surface area contributed by atoms with Crippen LogP contribution in [0.1, 0.15) is 87.8 Å². The van der Waals surface area contributed by atoms with Crippen molar-refractivity contribution in [3.8, 4) is 5.75 Å². The van der Waals surface area contributed by atoms with Gasteiger partial charge in [0.1, 0.15) is 24.7 Å². The van der Waals surface area contributed by atoms with Gasteiger partial charge >= 0.3 is 11.9 Å². The highest BCUT2D eigenvalue weighted by Crippen LogP contribution is 2.36. The number of esters is 2. The van der Waals surface area contributed by atoms with Crippen molar-refractivity contribution >= 4 is 17.6 Å². The summed E-state index contributed by atoms with van der Waals surface area (Å²) >= 11 is 0. The number of aromatic hydroxyl groups is 1. The van der Waals surface area contributed by atoms with Crippen molar-refractivity contribution < 1.29 is 28.9 Å². The first kappa shape index (κ1) is 32.9. The van der Waals surface area contributed by atoms with Crippen LogP contribution < -0.4 is 0 Å². The fraction of sp³-hybridized carbons (Fsp3) is 0.562. The standard InChI is InChI=1S/C32H45NO7/c1-21-17-23(19-25(29(21)33-37)31(3,4)5)9-11-27(34)39-15-13-38-14-16-40-28(35)12-10-24-18-22(2)30(36)26(20-24)32(6,7)8/h17-20,36H,9-16H2,1-8H3. The van der Waals surface area contributed by atoms with Gasteiger partial charge in [0, 0.05) is 12.8 Å². The molecule has 0 radical (unpaired) electrons. The van der Waals surface area contributed by atoms with Crippen LogP contribution in [0, 0.1) is 18.8 Å². The molecule has 0 bridgehead atoms. The van der Waals surface area contributed by atoms with Crippen molar-refractivity contribution in [3.63, 3.8) is 0 Å². The van der Waals surface area contributed by atoms with Crippen molar-refractivity contribution in [1.29, 1.82) is 0 Å². The van der Waals surface area contributed by atoms with E-state index < -0.39 is 0 Å². The van der Waals surface area contributed by atoms with E-state index in [0.717, 1.165) is 33.4 Å². The van der Waals surface area contributed by atoms with Crippen molar-refractivity contribution in [1.82, 2.24) is 0 Å². The minimum Gasteiger partial charge on any atom is -0.507 e. The zero-order chi connectivity index (χ0) is 30.1. The molecule has 0 heterocycles. The van der Waals surface area contributed by atoms with Crippen LogP contribution in [0.5, 0.6) is 5.75 Å². The van der Waals surface area contributed by atoms with E-state index in [9.17, 15) is 19.6 Å². The molecule has 0 aliphatic heterocycles. The Morgan fingerprint density at radius 3 is 1.62 bits per heavy atom. The third-order valence-electron chi connectivity index (χ3n) is 6.64. The lowest BCUT2D eigenvalue weighted by molar-refractivity contribution is -0.146. The summed E-state index contributed by atoms with van der Waals surface area (Å²) in [6.45, 7) is 16.6. The Balaban J connectivity index is 1.65. The van der Waals surface area contributed by atoms with E-state index in [2.05, 4.69) is 5.18 Å². The van der Waals surface area contributed by atoms with Crippen LogP contribution in [0.2, 0.25) is 0 Å². The molecule has 0 unspecified atom stereocenters. The maximum Gasteiger partial charge on any atom is 0.306 e. The number of carbonyl (C=O) groups excluding carboxylic acids is 2. The molecule has 0 saturated carbocycles. The third-order valence-corrected chi connectivity index (χ3v) is 6.64. The van der Waals surface area contributed by atoms with Gasteiger partial charge in [0.15, 0.2) is 0 Å². The molecule has 0 aromatic heterocycles. The Morgan fingerprint density at radius 1 is 0.725 bits per heavy atom. The highest BCUT2D eigenvalue weighted by Gasteiger charge is 2.22. The van der Waals surface area contributed by atoms with E-state index >= 15 is 0 Å². The number of rotatable bonds is 13. The minimum absolute atomic E-state index is 0.114. The topological polar surface area (TPSA) is 111 Å². The molecule has 0 aliphatic carbocycles. The number of ether oxygens (including phenoxy) is 3. The van der Waals surface area contributed by atoms with Crippen LogP contribution in [0.4, 0.5) is 5.69 Å². The van der Waals surface area contributed by atoms with Gasteiger partial charge in [0.25, 0.3) is 0 Å². The second-order valence-corrected chi connectivity index (χ2v) is 12.3. The molecule has 2 aromatic carbocycles. The average molecular weight is 556 g/mol. The van der Waals surface area contributed by atoms with E-state index in [1.807, 2.05) is 79.7 Å². The molecule has 220 valence electrons. The second kappa shape index (κ2) is 14.4. The highest BCUT2D eigenvalue weighted by atomic mass is 16.6. The van der Waals surface area contributed by atoms with Gasteiger partial charge in [-0.05, 0) is 76.1 Å². The second-order valence-electron chi connectivity index (χ2n) is 12.3. The largest absolute Gasteiger partial charge is 0.507 e. The number of aryl methyl sites for hydroxylation is 4. The van der Waals surface area contributed by atoms with Crippen LogP contribution in [-0.4, -0.2) is 43.5 Å². The first-order chi connectivity index (χ1) is 18.6. The fourth-order valence-corrected chi connectivity index (χ4v) is 4.43. The van der Waals surface area contributed by atoms with Gasteiger partial charge in [-0.25, -0.2) is 0 Å². The molecule has 2 aromatic rings. The van der Waals surface area contributed by atoms with E-state index in [1.54, 1.807) is 0 Å². The third kappa shape index (κ3) is 10.0. The molecule has 0 spiro atoms. The van der Waals surface area contributed by atoms with Crippen LogP contribution in [-0.2, 0) is 47.5 Å². The Hall–Kier alpha value is -3.26. The summed E-state index contributed by atoms with van der Waals surface area (Å²) < 4.78 is 15.9. The summed E-state index contributed by atoms with van der Waals surface area (Å²) in [7, 11) is 0. The number of phenols is 1. The quantitative estimate of drug-likeness (QED) is 0.167. The van der Waals surface area contributed by atoms with Crippen molar-refractivity contribution in [2.75, 3.05) is 26.4 Å². The lowest BCUT2D eigenvalue weighted by atomic mass is 9.83. The number of hydrogen-bond donors (Lipinski definition) is 1. The Labute approximate surface area is 238 Å². The monoisotopic (exact) mass is 555 g/mol. The van der Waals surface area contributed by atoms with Crippen LogP contribution in [0.15, 0.2) is 29.4 Å². The average Bonchev–Trinajstić information content (AvgIpc) is 2.85. The summed E-state index contributed by atoms with van der Waals surface area (Å²) in [4.78, 5) is 35.6. The van der Waals surface area contributed by atoms with E-state index in [-0.39, 0.29) is 62.0 Å². The van der Waals surface area contributed by atoms with Gasteiger partial charge in [-0.3, -0.25) is 9.59 Å². The van der Waals surface area contributed by atoms with Crippen LogP contribution in [0.25, 0.3) is 0 Å². The Bertz CT molecular complexity index is 1190. The molecule has 1 N–H and O–H groups in total. The molecule has 0 atom stereocenters. The van der Waals surface area contributed by atoms with Gasteiger partial charge in [0.05, 0.1) is 13.2 Å². The van der Waals surface area contributed by atoms with E-state index in [0.29, 0.717) is 24.3 Å². The first-order valence-electron chi connectivity index (χ1n) is 13.8. The highest BCUT2D eigenvalue weighted by molar-refractivity contribution is 5.70. The molecule has 40 heavy (non-hydrogen) atoms. The number of phenolic OH excluding ortho intramolecular Hbond substituents is 1. The lowest BCUT2D eigenvalue weighted by Gasteiger charge is -2.22. The number of benzene rings is 2. The minimum atomic E-state index is -0.332. The molecule has 0 fully saturated rings. The normalized spacial score (nSPS) is 11.8. The molecular formula is C32H45NO7. The molecule has 8 heteroatoms. The lowest BCUT2D eigenvalue weighted by Crippen LogP contribution is -2.15. The fourth-order valence-electron chi connectivity index (χ4n) is 4.43. The zero-order valence-corrected chi connectivity index (χ0v) is 25.3. The van der Waals surface area contributed by atoms with Gasteiger partial charge in [0.2, 0.25) is 0 Å². The maximum absolute atomic E-state index is 12.2. The van der Waals surface area contributed by atoms with Gasteiger partial charge < -0.3 is 19.3 Å². The van der Waals surface area contributed by atoms with Gasteiger partial charge in [-0.2, -0.15) is 0 Å². The Morgan fingerprint density at radius 2 is 1.18 bits per heavy atom. The molecule has 0 amide bonds. The number of nitrogens with zero attached hydrogens (tertiary/aromatic N) is 1. The van der Waals surface area contributed by atoms with Gasteiger partial charge in [-0.1, -0.05) is 65.8 Å². The molecular weight excluding hydrogens is 510 g/mol. The maximum atomic E-state index is 12.2. The van der Waals surface area contributed by atoms with Crippen molar-refractivity contribution in [2.24, 2.45) is 5.18 Å².